The molecule has 0 saturated carbocycles. The lowest BCUT2D eigenvalue weighted by atomic mass is 9.97. The highest BCUT2D eigenvalue weighted by Gasteiger charge is 2.33. The summed E-state index contributed by atoms with van der Waals surface area (Å²) in [6.07, 6.45) is 3.03. The van der Waals surface area contributed by atoms with E-state index in [1.54, 1.807) is 6.07 Å². The quantitative estimate of drug-likeness (QED) is 0.540. The van der Waals surface area contributed by atoms with E-state index in [2.05, 4.69) is 15.1 Å². The highest BCUT2D eigenvalue weighted by molar-refractivity contribution is 7.89. The van der Waals surface area contributed by atoms with E-state index in [4.69, 9.17) is 10.6 Å². The Morgan fingerprint density at radius 3 is 2.95 bits per heavy atom. The van der Waals surface area contributed by atoms with E-state index in [-0.39, 0.29) is 10.7 Å². The van der Waals surface area contributed by atoms with Gasteiger partial charge in [-0.05, 0) is 31.9 Å². The molecule has 2 rings (SSSR count). The van der Waals surface area contributed by atoms with Gasteiger partial charge in [-0.25, -0.2) is 24.0 Å². The van der Waals surface area contributed by atoms with Crippen molar-refractivity contribution in [3.05, 3.63) is 18.3 Å². The third kappa shape index (κ3) is 3.21. The average molecular weight is 286 g/mol. The number of hydrogen-bond donors (Lipinski definition) is 3. The summed E-state index contributed by atoms with van der Waals surface area (Å²) in [6.45, 7) is 2.85. The van der Waals surface area contributed by atoms with Gasteiger partial charge >= 0.3 is 0 Å². The molecule has 1 atom stereocenters. The van der Waals surface area contributed by atoms with E-state index in [1.807, 2.05) is 6.92 Å². The van der Waals surface area contributed by atoms with E-state index in [1.165, 1.54) is 12.3 Å². The number of sulfonamides is 1. The van der Waals surface area contributed by atoms with E-state index in [9.17, 15) is 8.42 Å². The van der Waals surface area contributed by atoms with Gasteiger partial charge in [0.2, 0.25) is 10.0 Å². The van der Waals surface area contributed by atoms with Crippen molar-refractivity contribution in [2.75, 3.05) is 18.6 Å². The Kier molecular flexibility index (Phi) is 4.04. The van der Waals surface area contributed by atoms with Crippen LogP contribution in [-0.2, 0) is 14.8 Å². The molecular formula is C11H18N4O3S. The smallest absolute Gasteiger partial charge is 0.244 e. The molecule has 1 saturated heterocycles. The number of hydrazine groups is 1. The van der Waals surface area contributed by atoms with Crippen LogP contribution in [0.1, 0.15) is 19.8 Å². The fourth-order valence-corrected chi connectivity index (χ4v) is 3.65. The Morgan fingerprint density at radius 2 is 2.32 bits per heavy atom. The molecule has 1 aromatic heterocycles. The number of rotatable bonds is 4. The first-order valence-corrected chi connectivity index (χ1v) is 7.49. The van der Waals surface area contributed by atoms with E-state index in [0.29, 0.717) is 13.2 Å². The number of pyridine rings is 1. The largest absolute Gasteiger partial charge is 0.380 e. The summed E-state index contributed by atoms with van der Waals surface area (Å²) in [5.41, 5.74) is 1.69. The first-order chi connectivity index (χ1) is 8.97. The molecule has 0 aliphatic carbocycles. The average Bonchev–Trinajstić information content (AvgIpc) is 2.38. The topological polar surface area (TPSA) is 106 Å². The summed E-state index contributed by atoms with van der Waals surface area (Å²) in [4.78, 5) is 3.92. The van der Waals surface area contributed by atoms with Crippen molar-refractivity contribution in [3.8, 4) is 0 Å². The van der Waals surface area contributed by atoms with Gasteiger partial charge in [0, 0.05) is 12.8 Å². The monoisotopic (exact) mass is 286 g/mol. The molecule has 1 aliphatic rings. The van der Waals surface area contributed by atoms with Crippen molar-refractivity contribution in [2.24, 2.45) is 5.84 Å². The van der Waals surface area contributed by atoms with Gasteiger partial charge in [-0.15, -0.1) is 0 Å². The number of hydrogen-bond acceptors (Lipinski definition) is 6. The van der Waals surface area contributed by atoms with Crippen molar-refractivity contribution in [1.29, 1.82) is 0 Å². The predicted molar refractivity (Wildman–Crippen MR) is 70.8 cm³/mol. The molecule has 1 fully saturated rings. The van der Waals surface area contributed by atoms with Crippen LogP contribution in [0.15, 0.2) is 23.2 Å². The minimum atomic E-state index is -3.70. The van der Waals surface area contributed by atoms with Crippen LogP contribution in [0, 0.1) is 0 Å². The molecule has 2 heterocycles. The molecule has 8 heteroatoms. The minimum absolute atomic E-state index is 0.0318. The number of nitrogens with two attached hydrogens (primary N) is 1. The van der Waals surface area contributed by atoms with Crippen LogP contribution in [0.25, 0.3) is 0 Å². The minimum Gasteiger partial charge on any atom is -0.380 e. The predicted octanol–water partition coefficient (Wildman–Crippen LogP) is 0.215. The van der Waals surface area contributed by atoms with Crippen LogP contribution >= 0.6 is 0 Å². The van der Waals surface area contributed by atoms with E-state index in [0.717, 1.165) is 12.8 Å². The van der Waals surface area contributed by atoms with Gasteiger partial charge in [-0.3, -0.25) is 0 Å². The summed E-state index contributed by atoms with van der Waals surface area (Å²) >= 11 is 0. The Labute approximate surface area is 112 Å². The lowest BCUT2D eigenvalue weighted by Crippen LogP contribution is -2.51. The standard InChI is InChI=1S/C11H18N4O3S/c1-11(5-3-7-18-8-11)15-19(16,17)9-4-2-6-13-10(9)14-12/h2,4,6,15H,3,5,7-8,12H2,1H3,(H,13,14). The fourth-order valence-electron chi connectivity index (χ4n) is 2.11. The Balaban J connectivity index is 2.27. The number of anilines is 1. The van der Waals surface area contributed by atoms with Crippen LogP contribution in [0.5, 0.6) is 0 Å². The summed E-state index contributed by atoms with van der Waals surface area (Å²) < 4.78 is 32.8. The van der Waals surface area contributed by atoms with Crippen molar-refractivity contribution in [3.63, 3.8) is 0 Å². The number of nitrogens with zero attached hydrogens (tertiary/aromatic N) is 1. The van der Waals surface area contributed by atoms with Crippen LogP contribution in [0.3, 0.4) is 0 Å². The molecule has 0 radical (unpaired) electrons. The summed E-state index contributed by atoms with van der Waals surface area (Å²) in [6, 6.07) is 3.01. The van der Waals surface area contributed by atoms with Crippen LogP contribution in [0.4, 0.5) is 5.82 Å². The van der Waals surface area contributed by atoms with Gasteiger partial charge in [0.1, 0.15) is 4.90 Å². The molecule has 0 aromatic carbocycles. The van der Waals surface area contributed by atoms with E-state index < -0.39 is 15.6 Å². The van der Waals surface area contributed by atoms with Crippen LogP contribution in [0.2, 0.25) is 0 Å². The van der Waals surface area contributed by atoms with Gasteiger partial charge in [0.05, 0.1) is 12.1 Å². The molecule has 19 heavy (non-hydrogen) atoms. The Hall–Kier alpha value is -1.22. The lowest BCUT2D eigenvalue weighted by Gasteiger charge is -2.33. The van der Waals surface area contributed by atoms with Gasteiger partial charge in [-0.1, -0.05) is 0 Å². The zero-order valence-corrected chi connectivity index (χ0v) is 11.5. The second-order valence-corrected chi connectivity index (χ2v) is 6.47. The highest BCUT2D eigenvalue weighted by Crippen LogP contribution is 2.23. The first-order valence-electron chi connectivity index (χ1n) is 6.00. The lowest BCUT2D eigenvalue weighted by molar-refractivity contribution is 0.0386. The van der Waals surface area contributed by atoms with Gasteiger partial charge < -0.3 is 10.2 Å². The SMILES string of the molecule is CC1(NS(=O)(=O)c2cccnc2NN)CCCOC1. The first kappa shape index (κ1) is 14.2. The van der Waals surface area contributed by atoms with Crippen molar-refractivity contribution in [1.82, 2.24) is 9.71 Å². The Morgan fingerprint density at radius 1 is 1.53 bits per heavy atom. The molecule has 7 nitrogen and oxygen atoms in total. The van der Waals surface area contributed by atoms with E-state index >= 15 is 0 Å². The third-order valence-corrected chi connectivity index (χ3v) is 4.69. The van der Waals surface area contributed by atoms with Crippen LogP contribution in [-0.4, -0.2) is 32.2 Å². The zero-order chi connectivity index (χ0) is 13.9. The van der Waals surface area contributed by atoms with Gasteiger partial charge in [0.25, 0.3) is 0 Å². The van der Waals surface area contributed by atoms with Gasteiger partial charge in [-0.2, -0.15) is 0 Å². The van der Waals surface area contributed by atoms with Crippen LogP contribution < -0.4 is 16.0 Å². The van der Waals surface area contributed by atoms with Crippen molar-refractivity contribution in [2.45, 2.75) is 30.2 Å². The van der Waals surface area contributed by atoms with Crippen molar-refractivity contribution < 1.29 is 13.2 Å². The third-order valence-electron chi connectivity index (χ3n) is 3.02. The van der Waals surface area contributed by atoms with Gasteiger partial charge in [0.15, 0.2) is 5.82 Å². The zero-order valence-electron chi connectivity index (χ0n) is 10.7. The molecule has 1 aromatic rings. The number of aromatic nitrogens is 1. The maximum Gasteiger partial charge on any atom is 0.244 e. The molecule has 0 amide bonds. The second kappa shape index (κ2) is 5.41. The molecule has 0 spiro atoms. The number of nitrogens with one attached hydrogen (secondary N) is 2. The number of nitrogen functional groups attached to an aromatic ring is 1. The maximum atomic E-state index is 12.4. The molecule has 1 unspecified atom stereocenters. The summed E-state index contributed by atoms with van der Waals surface area (Å²) in [7, 11) is -3.70. The molecule has 0 bridgehead atoms. The molecular weight excluding hydrogens is 268 g/mol. The highest BCUT2D eigenvalue weighted by atomic mass is 32.2. The summed E-state index contributed by atoms with van der Waals surface area (Å²) in [5, 5.41) is 0. The normalized spacial score (nSPS) is 24.1. The number of ether oxygens (including phenoxy) is 1. The second-order valence-electron chi connectivity index (χ2n) is 4.82. The molecule has 4 N–H and O–H groups in total. The van der Waals surface area contributed by atoms with Crippen molar-refractivity contribution >= 4 is 15.8 Å². The fraction of sp³-hybridized carbons (Fsp3) is 0.545. The molecule has 106 valence electrons. The summed E-state index contributed by atoms with van der Waals surface area (Å²) in [5.74, 6) is 5.40. The Bertz CT molecular complexity index is 541. The maximum absolute atomic E-state index is 12.4. The molecule has 1 aliphatic heterocycles.